The van der Waals surface area contributed by atoms with Crippen LogP contribution in [-0.2, 0) is 18.9 Å². The molecule has 0 aliphatic carbocycles. The van der Waals surface area contributed by atoms with Crippen LogP contribution < -0.4 is 10.9 Å². The van der Waals surface area contributed by atoms with Crippen molar-refractivity contribution in [1.82, 2.24) is 10.9 Å². The third-order valence-electron chi connectivity index (χ3n) is 1.96. The minimum atomic E-state index is -1.30. The Morgan fingerprint density at radius 2 is 1.08 bits per heavy atom. The summed E-state index contributed by atoms with van der Waals surface area (Å²) in [5, 5.41) is 18.9. The molecule has 2 amide bonds. The van der Waals surface area contributed by atoms with E-state index in [1.807, 2.05) is 10.9 Å². The number of amides is 2. The number of hydrogen-bond acceptors (Lipinski definition) is 8. The first-order valence-electron chi connectivity index (χ1n) is 7.36. The molecule has 24 heavy (non-hydrogen) atoms. The Kier molecular flexibility index (Phi) is 8.97. The number of carbonyl (C=O) groups is 2. The SMILES string of the molecule is CC(C)(C)OC(O)COC(=O)NNC(=O)OCC(O)OC(C)(C)C. The molecule has 0 saturated carbocycles. The Labute approximate surface area is 141 Å². The zero-order valence-corrected chi connectivity index (χ0v) is 14.9. The maximum atomic E-state index is 11.3. The number of aliphatic hydroxyl groups is 2. The lowest BCUT2D eigenvalue weighted by Crippen LogP contribution is -2.44. The second-order valence-electron chi connectivity index (χ2n) is 6.82. The van der Waals surface area contributed by atoms with Crippen LogP contribution in [0.2, 0.25) is 0 Å². The fourth-order valence-corrected chi connectivity index (χ4v) is 1.35. The molecule has 0 heterocycles. The van der Waals surface area contributed by atoms with Crippen molar-refractivity contribution >= 4 is 12.2 Å². The van der Waals surface area contributed by atoms with Gasteiger partial charge in [0.25, 0.3) is 0 Å². The summed E-state index contributed by atoms with van der Waals surface area (Å²) in [4.78, 5) is 22.6. The standard InChI is InChI=1S/C14H28N2O8/c1-13(2,3)23-9(17)7-21-11(19)15-16-12(20)22-8-10(18)24-14(4,5)6/h9-10,17-18H,7-8H2,1-6H3,(H,15,19)(H,16,20). The van der Waals surface area contributed by atoms with E-state index in [1.165, 1.54) is 0 Å². The van der Waals surface area contributed by atoms with Crippen molar-refractivity contribution in [3.8, 4) is 0 Å². The van der Waals surface area contributed by atoms with Crippen LogP contribution in [0, 0.1) is 0 Å². The molecule has 2 unspecified atom stereocenters. The largest absolute Gasteiger partial charge is 0.443 e. The number of hydrazine groups is 1. The fourth-order valence-electron chi connectivity index (χ4n) is 1.35. The molecule has 4 N–H and O–H groups in total. The number of hydrogen-bond donors (Lipinski definition) is 4. The molecular formula is C14H28N2O8. The van der Waals surface area contributed by atoms with Gasteiger partial charge in [-0.2, -0.15) is 0 Å². The molecule has 2 atom stereocenters. The van der Waals surface area contributed by atoms with E-state index in [9.17, 15) is 19.8 Å². The van der Waals surface area contributed by atoms with Crippen molar-refractivity contribution in [2.75, 3.05) is 13.2 Å². The molecule has 0 aromatic heterocycles. The first-order chi connectivity index (χ1) is 10.8. The lowest BCUT2D eigenvalue weighted by molar-refractivity contribution is -0.183. The molecule has 0 radical (unpaired) electrons. The van der Waals surface area contributed by atoms with Crippen LogP contribution in [0.1, 0.15) is 41.5 Å². The van der Waals surface area contributed by atoms with Gasteiger partial charge in [0.2, 0.25) is 0 Å². The Morgan fingerprint density at radius 3 is 1.33 bits per heavy atom. The van der Waals surface area contributed by atoms with Gasteiger partial charge in [-0.15, -0.1) is 0 Å². The third kappa shape index (κ3) is 14.0. The van der Waals surface area contributed by atoms with E-state index in [1.54, 1.807) is 41.5 Å². The van der Waals surface area contributed by atoms with Crippen molar-refractivity contribution in [2.24, 2.45) is 0 Å². The monoisotopic (exact) mass is 352 g/mol. The van der Waals surface area contributed by atoms with Gasteiger partial charge in [0, 0.05) is 0 Å². The molecule has 10 nitrogen and oxygen atoms in total. The van der Waals surface area contributed by atoms with Crippen LogP contribution >= 0.6 is 0 Å². The highest BCUT2D eigenvalue weighted by Gasteiger charge is 2.19. The summed E-state index contributed by atoms with van der Waals surface area (Å²) in [6.45, 7) is 9.53. The van der Waals surface area contributed by atoms with E-state index in [2.05, 4.69) is 9.47 Å². The van der Waals surface area contributed by atoms with Crippen LogP contribution in [0.4, 0.5) is 9.59 Å². The fraction of sp³-hybridized carbons (Fsp3) is 0.857. The molecule has 0 aliphatic rings. The summed E-state index contributed by atoms with van der Waals surface area (Å²) < 4.78 is 19.5. The van der Waals surface area contributed by atoms with Gasteiger partial charge in [-0.3, -0.25) is 0 Å². The van der Waals surface area contributed by atoms with E-state index in [0.29, 0.717) is 0 Å². The van der Waals surface area contributed by atoms with Crippen molar-refractivity contribution in [1.29, 1.82) is 0 Å². The van der Waals surface area contributed by atoms with Gasteiger partial charge < -0.3 is 29.2 Å². The molecule has 0 saturated heterocycles. The molecule has 0 spiro atoms. The van der Waals surface area contributed by atoms with Crippen LogP contribution in [0.3, 0.4) is 0 Å². The van der Waals surface area contributed by atoms with E-state index < -0.39 is 49.2 Å². The highest BCUT2D eigenvalue weighted by molar-refractivity contribution is 5.73. The Morgan fingerprint density at radius 1 is 0.792 bits per heavy atom. The summed E-state index contributed by atoms with van der Waals surface area (Å²) in [7, 11) is 0. The number of ether oxygens (including phenoxy) is 4. The van der Waals surface area contributed by atoms with Gasteiger partial charge in [0.1, 0.15) is 13.2 Å². The molecule has 0 aromatic rings. The predicted molar refractivity (Wildman–Crippen MR) is 82.7 cm³/mol. The topological polar surface area (TPSA) is 136 Å². The molecule has 0 fully saturated rings. The van der Waals surface area contributed by atoms with Crippen molar-refractivity contribution in [3.63, 3.8) is 0 Å². The zero-order valence-electron chi connectivity index (χ0n) is 14.9. The average molecular weight is 352 g/mol. The first-order valence-corrected chi connectivity index (χ1v) is 7.36. The van der Waals surface area contributed by atoms with Crippen LogP contribution in [0.25, 0.3) is 0 Å². The second-order valence-corrected chi connectivity index (χ2v) is 6.82. The quantitative estimate of drug-likeness (QED) is 0.403. The summed E-state index contributed by atoms with van der Waals surface area (Å²) in [6, 6.07) is 0. The summed E-state index contributed by atoms with van der Waals surface area (Å²) >= 11 is 0. The van der Waals surface area contributed by atoms with E-state index in [0.717, 1.165) is 0 Å². The molecular weight excluding hydrogens is 324 g/mol. The lowest BCUT2D eigenvalue weighted by Gasteiger charge is -2.24. The van der Waals surface area contributed by atoms with Crippen LogP contribution in [0.5, 0.6) is 0 Å². The highest BCUT2D eigenvalue weighted by Crippen LogP contribution is 2.10. The lowest BCUT2D eigenvalue weighted by atomic mass is 10.2. The summed E-state index contributed by atoms with van der Waals surface area (Å²) in [6.07, 6.45) is -4.63. The molecule has 0 aromatic carbocycles. The normalized spacial score (nSPS) is 14.5. The van der Waals surface area contributed by atoms with Crippen molar-refractivity contribution < 1.29 is 38.7 Å². The Bertz CT molecular complexity index is 365. The third-order valence-corrected chi connectivity index (χ3v) is 1.96. The van der Waals surface area contributed by atoms with Crippen LogP contribution in [-0.4, -0.2) is 59.4 Å². The Hall–Kier alpha value is -1.62. The number of carbonyl (C=O) groups excluding carboxylic acids is 2. The number of aliphatic hydroxyl groups excluding tert-OH is 2. The predicted octanol–water partition coefficient (Wildman–Crippen LogP) is 0.621. The van der Waals surface area contributed by atoms with E-state index in [-0.39, 0.29) is 0 Å². The minimum Gasteiger partial charge on any atom is -0.443 e. The van der Waals surface area contributed by atoms with Gasteiger partial charge in [-0.25, -0.2) is 20.4 Å². The van der Waals surface area contributed by atoms with Gasteiger partial charge in [0.15, 0.2) is 12.6 Å². The molecule has 0 bridgehead atoms. The van der Waals surface area contributed by atoms with Gasteiger partial charge in [-0.1, -0.05) is 0 Å². The zero-order chi connectivity index (χ0) is 19.0. The maximum Gasteiger partial charge on any atom is 0.426 e. The maximum absolute atomic E-state index is 11.3. The van der Waals surface area contributed by atoms with Crippen LogP contribution in [0.15, 0.2) is 0 Å². The second kappa shape index (κ2) is 9.62. The Balaban J connectivity index is 3.88. The number of nitrogens with one attached hydrogen (secondary N) is 2. The first kappa shape index (κ1) is 22.4. The summed E-state index contributed by atoms with van der Waals surface area (Å²) in [5.41, 5.74) is 2.60. The highest BCUT2D eigenvalue weighted by atomic mass is 16.7. The minimum absolute atomic E-state index is 0.419. The molecule has 142 valence electrons. The van der Waals surface area contributed by atoms with E-state index in [4.69, 9.17) is 9.47 Å². The molecule has 0 aliphatic heterocycles. The molecule has 10 heteroatoms. The van der Waals surface area contributed by atoms with E-state index >= 15 is 0 Å². The van der Waals surface area contributed by atoms with Gasteiger partial charge in [-0.05, 0) is 41.5 Å². The summed E-state index contributed by atoms with van der Waals surface area (Å²) in [5.74, 6) is 0. The van der Waals surface area contributed by atoms with Crippen molar-refractivity contribution in [3.05, 3.63) is 0 Å². The molecule has 0 rings (SSSR count). The number of rotatable bonds is 6. The average Bonchev–Trinajstić information content (AvgIpc) is 2.36. The van der Waals surface area contributed by atoms with Gasteiger partial charge >= 0.3 is 12.2 Å². The van der Waals surface area contributed by atoms with Crippen molar-refractivity contribution in [2.45, 2.75) is 65.3 Å². The van der Waals surface area contributed by atoms with Gasteiger partial charge in [0.05, 0.1) is 11.2 Å². The smallest absolute Gasteiger partial charge is 0.426 e.